The summed E-state index contributed by atoms with van der Waals surface area (Å²) in [5.41, 5.74) is 0. The van der Waals surface area contributed by atoms with Crippen LogP contribution in [-0.4, -0.2) is 53.8 Å². The normalized spacial score (nSPS) is 22.8. The fourth-order valence-electron chi connectivity index (χ4n) is 4.14. The van der Waals surface area contributed by atoms with Crippen LogP contribution < -0.4 is 5.32 Å². The van der Waals surface area contributed by atoms with Gasteiger partial charge in [0.15, 0.2) is 0 Å². The Morgan fingerprint density at radius 1 is 1.19 bits per heavy atom. The molecule has 6 heteroatoms. The fourth-order valence-corrected chi connectivity index (χ4v) is 4.14. The van der Waals surface area contributed by atoms with Gasteiger partial charge in [0.25, 0.3) is 0 Å². The van der Waals surface area contributed by atoms with Gasteiger partial charge in [0.05, 0.1) is 12.3 Å². The predicted octanol–water partition coefficient (Wildman–Crippen LogP) is 2.71. The summed E-state index contributed by atoms with van der Waals surface area (Å²) in [6, 6.07) is 3.62. The van der Waals surface area contributed by atoms with Crippen LogP contribution in [0.1, 0.15) is 63.7 Å². The molecule has 0 bridgehead atoms. The molecule has 6 nitrogen and oxygen atoms in total. The molecule has 0 radical (unpaired) electrons. The molecule has 1 aromatic rings. The average molecular weight is 361 g/mol. The molecule has 0 aromatic carbocycles. The number of hydrogen-bond donors (Lipinski definition) is 1. The first-order chi connectivity index (χ1) is 12.7. The van der Waals surface area contributed by atoms with Crippen LogP contribution in [0.15, 0.2) is 22.8 Å². The highest BCUT2D eigenvalue weighted by molar-refractivity contribution is 5.87. The number of piperidine rings is 2. The van der Waals surface area contributed by atoms with Gasteiger partial charge in [-0.25, -0.2) is 0 Å². The van der Waals surface area contributed by atoms with Gasteiger partial charge in [0.1, 0.15) is 11.8 Å². The summed E-state index contributed by atoms with van der Waals surface area (Å²) >= 11 is 0. The summed E-state index contributed by atoms with van der Waals surface area (Å²) < 4.78 is 5.65. The largest absolute Gasteiger partial charge is 0.468 e. The van der Waals surface area contributed by atoms with E-state index in [1.807, 2.05) is 19.1 Å². The molecule has 3 rings (SSSR count). The van der Waals surface area contributed by atoms with Gasteiger partial charge >= 0.3 is 0 Å². The van der Waals surface area contributed by atoms with Gasteiger partial charge in [0, 0.05) is 19.5 Å². The number of amides is 2. The van der Waals surface area contributed by atoms with Crippen molar-refractivity contribution in [3.63, 3.8) is 0 Å². The topological polar surface area (TPSA) is 65.8 Å². The number of nitrogens with zero attached hydrogens (tertiary/aromatic N) is 2. The van der Waals surface area contributed by atoms with Crippen molar-refractivity contribution in [3.05, 3.63) is 24.2 Å². The van der Waals surface area contributed by atoms with Crippen molar-refractivity contribution >= 4 is 11.8 Å². The van der Waals surface area contributed by atoms with E-state index in [4.69, 9.17) is 4.42 Å². The third kappa shape index (κ3) is 4.47. The SMILES string of the molecule is CCC(=O)N1CCCCC1C(=O)NCC(c1ccco1)N1CCCCC1. The predicted molar refractivity (Wildman–Crippen MR) is 99.5 cm³/mol. The second kappa shape index (κ2) is 9.21. The number of carbonyl (C=O) groups is 2. The Morgan fingerprint density at radius 2 is 1.96 bits per heavy atom. The van der Waals surface area contributed by atoms with E-state index in [1.165, 1.54) is 19.3 Å². The molecule has 2 aliphatic heterocycles. The highest BCUT2D eigenvalue weighted by Crippen LogP contribution is 2.25. The summed E-state index contributed by atoms with van der Waals surface area (Å²) in [4.78, 5) is 29.2. The Hall–Kier alpha value is -1.82. The lowest BCUT2D eigenvalue weighted by atomic mass is 10.0. The number of hydrogen-bond acceptors (Lipinski definition) is 4. The van der Waals surface area contributed by atoms with Crippen LogP contribution in [0.3, 0.4) is 0 Å². The summed E-state index contributed by atoms with van der Waals surface area (Å²) in [6.07, 6.45) is 8.52. The van der Waals surface area contributed by atoms with E-state index < -0.39 is 0 Å². The highest BCUT2D eigenvalue weighted by Gasteiger charge is 2.32. The zero-order valence-electron chi connectivity index (χ0n) is 15.8. The quantitative estimate of drug-likeness (QED) is 0.846. The van der Waals surface area contributed by atoms with Crippen LogP contribution in [-0.2, 0) is 9.59 Å². The van der Waals surface area contributed by atoms with Crippen molar-refractivity contribution in [1.29, 1.82) is 0 Å². The van der Waals surface area contributed by atoms with E-state index in [2.05, 4.69) is 10.2 Å². The molecule has 1 N–H and O–H groups in total. The maximum atomic E-state index is 12.8. The van der Waals surface area contributed by atoms with E-state index in [9.17, 15) is 9.59 Å². The van der Waals surface area contributed by atoms with Crippen LogP contribution in [0.25, 0.3) is 0 Å². The van der Waals surface area contributed by atoms with E-state index >= 15 is 0 Å². The summed E-state index contributed by atoms with van der Waals surface area (Å²) in [7, 11) is 0. The molecule has 0 saturated carbocycles. The lowest BCUT2D eigenvalue weighted by Crippen LogP contribution is -2.53. The van der Waals surface area contributed by atoms with Crippen LogP contribution >= 0.6 is 0 Å². The fraction of sp³-hybridized carbons (Fsp3) is 0.700. The van der Waals surface area contributed by atoms with E-state index in [0.29, 0.717) is 19.5 Å². The van der Waals surface area contributed by atoms with Gasteiger partial charge in [-0.05, 0) is 57.3 Å². The average Bonchev–Trinajstić information content (AvgIpc) is 3.22. The Labute approximate surface area is 155 Å². The van der Waals surface area contributed by atoms with E-state index in [0.717, 1.165) is 38.1 Å². The zero-order chi connectivity index (χ0) is 18.4. The standard InChI is InChI=1S/C20H31N3O3/c1-2-19(24)23-13-7-4-9-16(23)20(25)21-15-17(18-10-8-14-26-18)22-11-5-3-6-12-22/h8,10,14,16-17H,2-7,9,11-13,15H2,1H3,(H,21,25). The molecule has 2 aliphatic rings. The molecule has 0 aliphatic carbocycles. The molecular formula is C20H31N3O3. The molecule has 1 aromatic heterocycles. The third-order valence-corrected chi connectivity index (χ3v) is 5.60. The first-order valence-electron chi connectivity index (χ1n) is 10.1. The number of carbonyl (C=O) groups excluding carboxylic acids is 2. The second-order valence-electron chi connectivity index (χ2n) is 7.33. The first-order valence-corrected chi connectivity index (χ1v) is 10.1. The van der Waals surface area contributed by atoms with E-state index in [-0.39, 0.29) is 23.9 Å². The minimum atomic E-state index is -0.324. The summed E-state index contributed by atoms with van der Waals surface area (Å²) in [5, 5.41) is 3.11. The maximum absolute atomic E-state index is 12.8. The maximum Gasteiger partial charge on any atom is 0.242 e. The van der Waals surface area contributed by atoms with Gasteiger partial charge in [-0.2, -0.15) is 0 Å². The number of rotatable bonds is 6. The lowest BCUT2D eigenvalue weighted by molar-refractivity contribution is -0.142. The van der Waals surface area contributed by atoms with Crippen molar-refractivity contribution in [2.24, 2.45) is 0 Å². The lowest BCUT2D eigenvalue weighted by Gasteiger charge is -2.36. The molecule has 0 spiro atoms. The smallest absolute Gasteiger partial charge is 0.242 e. The van der Waals surface area contributed by atoms with Gasteiger partial charge in [0.2, 0.25) is 11.8 Å². The number of likely N-dealkylation sites (tertiary alicyclic amines) is 2. The van der Waals surface area contributed by atoms with Crippen molar-refractivity contribution in [2.75, 3.05) is 26.2 Å². The van der Waals surface area contributed by atoms with Crippen LogP contribution in [0.5, 0.6) is 0 Å². The van der Waals surface area contributed by atoms with Crippen molar-refractivity contribution in [2.45, 2.75) is 64.0 Å². The molecular weight excluding hydrogens is 330 g/mol. The molecule has 2 unspecified atom stereocenters. The van der Waals surface area contributed by atoms with Gasteiger partial charge in [-0.3, -0.25) is 14.5 Å². The molecule has 144 valence electrons. The van der Waals surface area contributed by atoms with Crippen LogP contribution in [0.2, 0.25) is 0 Å². The molecule has 3 heterocycles. The van der Waals surface area contributed by atoms with Gasteiger partial charge in [-0.1, -0.05) is 13.3 Å². The first kappa shape index (κ1) is 19.0. The summed E-state index contributed by atoms with van der Waals surface area (Å²) in [6.45, 7) is 5.14. The van der Waals surface area contributed by atoms with Gasteiger partial charge in [-0.15, -0.1) is 0 Å². The van der Waals surface area contributed by atoms with Crippen molar-refractivity contribution in [3.8, 4) is 0 Å². The highest BCUT2D eigenvalue weighted by atomic mass is 16.3. The van der Waals surface area contributed by atoms with Crippen molar-refractivity contribution in [1.82, 2.24) is 15.1 Å². The molecule has 2 amide bonds. The Balaban J connectivity index is 1.64. The number of furan rings is 1. The van der Waals surface area contributed by atoms with Crippen LogP contribution in [0.4, 0.5) is 0 Å². The zero-order valence-corrected chi connectivity index (χ0v) is 15.8. The minimum absolute atomic E-state index is 0.0277. The molecule has 2 saturated heterocycles. The monoisotopic (exact) mass is 361 g/mol. The Kier molecular flexibility index (Phi) is 6.72. The van der Waals surface area contributed by atoms with Gasteiger partial charge < -0.3 is 14.6 Å². The molecule has 26 heavy (non-hydrogen) atoms. The Bertz CT molecular complexity index is 581. The number of nitrogens with one attached hydrogen (secondary N) is 1. The second-order valence-corrected chi connectivity index (χ2v) is 7.33. The third-order valence-electron chi connectivity index (χ3n) is 5.60. The molecule has 2 atom stereocenters. The Morgan fingerprint density at radius 3 is 2.65 bits per heavy atom. The summed E-state index contributed by atoms with van der Waals surface area (Å²) in [5.74, 6) is 0.945. The minimum Gasteiger partial charge on any atom is -0.468 e. The van der Waals surface area contributed by atoms with E-state index in [1.54, 1.807) is 11.2 Å². The molecule has 2 fully saturated rings. The van der Waals surface area contributed by atoms with Crippen molar-refractivity contribution < 1.29 is 14.0 Å². The van der Waals surface area contributed by atoms with Crippen LogP contribution in [0, 0.1) is 0 Å².